The summed E-state index contributed by atoms with van der Waals surface area (Å²) in [4.78, 5) is 2.77. The fourth-order valence-electron chi connectivity index (χ4n) is 6.43. The first kappa shape index (κ1) is 22.2. The van der Waals surface area contributed by atoms with Gasteiger partial charge in [0.2, 0.25) is 0 Å². The van der Waals surface area contributed by atoms with Gasteiger partial charge in [-0.15, -0.1) is 12.4 Å². The lowest BCUT2D eigenvalue weighted by molar-refractivity contribution is -0.0783. The highest BCUT2D eigenvalue weighted by Gasteiger charge is 2.41. The average Bonchev–Trinajstić information content (AvgIpc) is 3.10. The molecule has 1 aliphatic heterocycles. The number of rotatable bonds is 5. The van der Waals surface area contributed by atoms with E-state index in [2.05, 4.69) is 54.6 Å². The monoisotopic (exact) mass is 430 g/mol. The molecule has 0 amide bonds. The summed E-state index contributed by atoms with van der Waals surface area (Å²) >= 11 is 0. The molecule has 1 saturated carbocycles. The normalized spacial score (nSPS) is 27.3. The van der Waals surface area contributed by atoms with Gasteiger partial charge in [0.05, 0.1) is 12.2 Å². The summed E-state index contributed by atoms with van der Waals surface area (Å²) in [6.45, 7) is 9.25. The largest absolute Gasteiger partial charge is 0.374 e. The van der Waals surface area contributed by atoms with Crippen LogP contribution >= 0.6 is 12.4 Å². The van der Waals surface area contributed by atoms with E-state index < -0.39 is 0 Å². The zero-order chi connectivity index (χ0) is 20.0. The minimum atomic E-state index is 0. The van der Waals surface area contributed by atoms with Crippen LogP contribution in [0.4, 0.5) is 0 Å². The molecule has 0 bridgehead atoms. The molecular weight excluding hydrogens is 392 g/mol. The maximum Gasteiger partial charge on any atom is 0.0712 e. The van der Waals surface area contributed by atoms with Gasteiger partial charge in [-0.3, -0.25) is 4.90 Å². The number of ether oxygens (including phenoxy) is 1. The predicted octanol–water partition coefficient (Wildman–Crippen LogP) is 6.49. The topological polar surface area (TPSA) is 17.4 Å². The van der Waals surface area contributed by atoms with Gasteiger partial charge >= 0.3 is 0 Å². The number of hydrogen-bond acceptors (Lipinski definition) is 2. The molecule has 2 fully saturated rings. The van der Waals surface area contributed by atoms with E-state index in [0.29, 0.717) is 30.2 Å². The van der Waals surface area contributed by atoms with Gasteiger partial charge in [0.1, 0.15) is 0 Å². The summed E-state index contributed by atoms with van der Waals surface area (Å²) in [5.41, 5.74) is 4.59. The molecule has 166 valence electrons. The van der Waals surface area contributed by atoms with E-state index in [0.717, 1.165) is 6.54 Å². The van der Waals surface area contributed by atoms with Crippen LogP contribution in [-0.4, -0.2) is 40.8 Å². The summed E-state index contributed by atoms with van der Waals surface area (Å²) in [5.74, 6) is 0.614. The highest BCUT2D eigenvalue weighted by Crippen LogP contribution is 2.45. The van der Waals surface area contributed by atoms with E-state index in [1.807, 2.05) is 0 Å². The molecule has 4 heteroatoms. The van der Waals surface area contributed by atoms with Crippen molar-refractivity contribution in [1.29, 1.82) is 0 Å². The maximum atomic E-state index is 6.74. The molecule has 3 nitrogen and oxygen atoms in total. The van der Waals surface area contributed by atoms with Gasteiger partial charge in [-0.1, -0.05) is 38.3 Å². The van der Waals surface area contributed by atoms with Crippen LogP contribution in [0.5, 0.6) is 0 Å². The third-order valence-electron chi connectivity index (χ3n) is 7.69. The highest BCUT2D eigenvalue weighted by molar-refractivity contribution is 5.89. The first-order valence-electron chi connectivity index (χ1n) is 12.2. The standard InChI is InChI=1S/C26H38N2O.ClH/c1-4-13-27-17-21(29-20-9-6-5-7-10-20)15-23-22-11-8-12-24-26(22)19(14-25(23)27)16-28(24)18(2)3;/h8,11-12,16,18,20-21,23,25H,4-7,9-10,13-15,17H2,1-3H3;1H/t21-,23?,25-;/m1./s1. The Morgan fingerprint density at radius 2 is 1.90 bits per heavy atom. The van der Waals surface area contributed by atoms with Crippen molar-refractivity contribution in [3.8, 4) is 0 Å². The van der Waals surface area contributed by atoms with Crippen LogP contribution in [0.1, 0.15) is 88.8 Å². The van der Waals surface area contributed by atoms with Crippen LogP contribution < -0.4 is 0 Å². The molecule has 2 heterocycles. The van der Waals surface area contributed by atoms with Crippen molar-refractivity contribution in [2.75, 3.05) is 13.1 Å². The van der Waals surface area contributed by atoms with Gasteiger partial charge in [0.15, 0.2) is 0 Å². The zero-order valence-electron chi connectivity index (χ0n) is 19.0. The molecule has 0 spiro atoms. The van der Waals surface area contributed by atoms with Crippen molar-refractivity contribution >= 4 is 23.3 Å². The average molecular weight is 431 g/mol. The molecule has 2 aromatic rings. The van der Waals surface area contributed by atoms with E-state index in [4.69, 9.17) is 4.74 Å². The Bertz CT molecular complexity index is 854. The number of likely N-dealkylation sites (tertiary alicyclic amines) is 1. The Balaban J connectivity index is 0.00000218. The van der Waals surface area contributed by atoms with Gasteiger partial charge in [-0.25, -0.2) is 0 Å². The van der Waals surface area contributed by atoms with Crippen LogP contribution in [0.15, 0.2) is 24.4 Å². The Morgan fingerprint density at radius 1 is 1.10 bits per heavy atom. The van der Waals surface area contributed by atoms with Crippen LogP contribution in [0.25, 0.3) is 10.9 Å². The molecule has 0 radical (unpaired) electrons. The van der Waals surface area contributed by atoms with Crippen LogP contribution in [0, 0.1) is 0 Å². The molecule has 3 aliphatic rings. The number of benzene rings is 1. The van der Waals surface area contributed by atoms with Crippen LogP contribution in [0.3, 0.4) is 0 Å². The van der Waals surface area contributed by atoms with Crippen molar-refractivity contribution in [2.45, 2.75) is 102 Å². The number of hydrogen-bond donors (Lipinski definition) is 0. The third kappa shape index (κ3) is 3.94. The van der Waals surface area contributed by atoms with E-state index in [1.54, 1.807) is 16.5 Å². The summed E-state index contributed by atoms with van der Waals surface area (Å²) in [6.07, 6.45) is 13.6. The molecule has 1 unspecified atom stereocenters. The van der Waals surface area contributed by atoms with Gasteiger partial charge < -0.3 is 9.30 Å². The molecule has 3 atom stereocenters. The van der Waals surface area contributed by atoms with Crippen LogP contribution in [0.2, 0.25) is 0 Å². The molecule has 5 rings (SSSR count). The smallest absolute Gasteiger partial charge is 0.0712 e. The van der Waals surface area contributed by atoms with Crippen molar-refractivity contribution in [1.82, 2.24) is 9.47 Å². The lowest BCUT2D eigenvalue weighted by atomic mass is 9.74. The molecular formula is C26H39ClN2O. The Hall–Kier alpha value is -1.03. The van der Waals surface area contributed by atoms with E-state index >= 15 is 0 Å². The lowest BCUT2D eigenvalue weighted by Gasteiger charge is -2.47. The fourth-order valence-corrected chi connectivity index (χ4v) is 6.43. The molecule has 1 aromatic carbocycles. The summed E-state index contributed by atoms with van der Waals surface area (Å²) in [5, 5.41) is 1.55. The highest BCUT2D eigenvalue weighted by atomic mass is 35.5. The summed E-state index contributed by atoms with van der Waals surface area (Å²) in [6, 6.07) is 8.18. The van der Waals surface area contributed by atoms with E-state index in [-0.39, 0.29) is 12.4 Å². The molecule has 2 aliphatic carbocycles. The number of piperidine rings is 1. The minimum absolute atomic E-state index is 0. The number of nitrogens with zero attached hydrogens (tertiary/aromatic N) is 2. The number of fused-ring (bicyclic) bond motifs is 2. The van der Waals surface area contributed by atoms with Crippen LogP contribution in [-0.2, 0) is 11.2 Å². The van der Waals surface area contributed by atoms with Gasteiger partial charge in [0, 0.05) is 41.6 Å². The van der Waals surface area contributed by atoms with Gasteiger partial charge in [-0.05, 0) is 69.7 Å². The molecule has 0 N–H and O–H groups in total. The second-order valence-electron chi connectivity index (χ2n) is 10.0. The summed E-state index contributed by atoms with van der Waals surface area (Å²) < 4.78 is 9.23. The van der Waals surface area contributed by atoms with Gasteiger partial charge in [0.25, 0.3) is 0 Å². The quantitative estimate of drug-likeness (QED) is 0.539. The maximum absolute atomic E-state index is 6.74. The van der Waals surface area contributed by atoms with Crippen molar-refractivity contribution in [3.63, 3.8) is 0 Å². The third-order valence-corrected chi connectivity index (χ3v) is 7.69. The number of halogens is 1. The van der Waals surface area contributed by atoms with E-state index in [9.17, 15) is 0 Å². The van der Waals surface area contributed by atoms with Gasteiger partial charge in [-0.2, -0.15) is 0 Å². The molecule has 30 heavy (non-hydrogen) atoms. The van der Waals surface area contributed by atoms with Crippen molar-refractivity contribution < 1.29 is 4.74 Å². The fraction of sp³-hybridized carbons (Fsp3) is 0.692. The Morgan fingerprint density at radius 3 is 2.63 bits per heavy atom. The van der Waals surface area contributed by atoms with E-state index in [1.165, 1.54) is 63.4 Å². The molecule has 1 saturated heterocycles. The first-order valence-corrected chi connectivity index (χ1v) is 12.2. The van der Waals surface area contributed by atoms with Crippen molar-refractivity contribution in [3.05, 3.63) is 35.5 Å². The second kappa shape index (κ2) is 9.22. The lowest BCUT2D eigenvalue weighted by Crippen LogP contribution is -2.53. The molecule has 1 aromatic heterocycles. The first-order chi connectivity index (χ1) is 14.2. The summed E-state index contributed by atoms with van der Waals surface area (Å²) in [7, 11) is 0. The Labute approximate surface area is 188 Å². The zero-order valence-corrected chi connectivity index (χ0v) is 19.8. The number of aromatic nitrogens is 1. The predicted molar refractivity (Wildman–Crippen MR) is 128 cm³/mol. The Kier molecular flexibility index (Phi) is 6.82. The SMILES string of the molecule is CCCN1C[C@H](OC2CCCCC2)CC2c3cccc4c3c(cn4C(C)C)C[C@H]21.Cl. The van der Waals surface area contributed by atoms with Crippen molar-refractivity contribution in [2.24, 2.45) is 0 Å². The second-order valence-corrected chi connectivity index (χ2v) is 10.0. The minimum Gasteiger partial charge on any atom is -0.374 e.